The van der Waals surface area contributed by atoms with E-state index in [0.717, 1.165) is 31.2 Å². The number of carbonyl (C=O) groups excluding carboxylic acids is 1. The fourth-order valence-corrected chi connectivity index (χ4v) is 3.70. The van der Waals surface area contributed by atoms with Gasteiger partial charge in [-0.2, -0.15) is 0 Å². The maximum Gasteiger partial charge on any atom is 0.282 e. The zero-order valence-corrected chi connectivity index (χ0v) is 13.7. The number of carbonyl (C=O) groups is 1. The Kier molecular flexibility index (Phi) is 4.23. The van der Waals surface area contributed by atoms with Gasteiger partial charge >= 0.3 is 0 Å². The molecule has 2 N–H and O–H groups in total. The van der Waals surface area contributed by atoms with E-state index in [0.29, 0.717) is 5.69 Å². The van der Waals surface area contributed by atoms with Gasteiger partial charge in [-0.05, 0) is 61.1 Å². The molecule has 0 saturated heterocycles. The van der Waals surface area contributed by atoms with Gasteiger partial charge in [0.05, 0.1) is 4.90 Å². The summed E-state index contributed by atoms with van der Waals surface area (Å²) >= 11 is 0. The number of amides is 1. The Hall–Kier alpha value is -2.12. The van der Waals surface area contributed by atoms with Crippen LogP contribution in [0.1, 0.15) is 34.5 Å². The second kappa shape index (κ2) is 6.17. The van der Waals surface area contributed by atoms with Crippen molar-refractivity contribution in [2.24, 2.45) is 7.05 Å². The molecule has 1 aromatic heterocycles. The van der Waals surface area contributed by atoms with Crippen LogP contribution < -0.4 is 10.3 Å². The van der Waals surface area contributed by atoms with E-state index in [9.17, 15) is 13.2 Å². The van der Waals surface area contributed by atoms with E-state index < -0.39 is 15.9 Å². The molecule has 1 aromatic carbocycles. The Morgan fingerprint density at radius 3 is 2.57 bits per heavy atom. The number of rotatable bonds is 4. The number of hydrogen-bond acceptors (Lipinski definition) is 3. The van der Waals surface area contributed by atoms with Crippen LogP contribution >= 0.6 is 0 Å². The fraction of sp³-hybridized carbons (Fsp3) is 0.312. The molecule has 23 heavy (non-hydrogen) atoms. The number of nitrogens with zero attached hydrogens (tertiary/aromatic N) is 1. The summed E-state index contributed by atoms with van der Waals surface area (Å²) < 4.78 is 26.3. The molecule has 0 aliphatic heterocycles. The van der Waals surface area contributed by atoms with E-state index in [1.54, 1.807) is 42.1 Å². The number of aromatic nitrogens is 1. The highest BCUT2D eigenvalue weighted by Gasteiger charge is 2.19. The minimum atomic E-state index is -3.78. The lowest BCUT2D eigenvalue weighted by molar-refractivity contribution is 0.0937. The average molecular weight is 333 g/mol. The molecule has 0 atom stereocenters. The molecule has 0 unspecified atom stereocenters. The summed E-state index contributed by atoms with van der Waals surface area (Å²) in [5, 5.41) is 0. The molecule has 3 rings (SSSR count). The summed E-state index contributed by atoms with van der Waals surface area (Å²) in [6, 6.07) is 8.48. The standard InChI is InChI=1S/C16H19N3O3S/c1-19-10-4-7-15(19)16(20)17-18-23(21,22)14-9-8-12-5-2-3-6-13(12)11-14/h4,7-11,18H,2-3,5-6H2,1H3,(H,17,20). The quantitative estimate of drug-likeness (QED) is 0.833. The molecule has 6 nitrogen and oxygen atoms in total. The highest BCUT2D eigenvalue weighted by Crippen LogP contribution is 2.23. The predicted molar refractivity (Wildman–Crippen MR) is 86.3 cm³/mol. The summed E-state index contributed by atoms with van der Waals surface area (Å²) in [7, 11) is -2.07. The first kappa shape index (κ1) is 15.8. The molecule has 1 aliphatic rings. The first-order chi connectivity index (χ1) is 11.0. The van der Waals surface area contributed by atoms with Crippen molar-refractivity contribution in [3.05, 3.63) is 53.3 Å². The van der Waals surface area contributed by atoms with E-state index >= 15 is 0 Å². The molecule has 0 radical (unpaired) electrons. The largest absolute Gasteiger partial charge is 0.347 e. The van der Waals surface area contributed by atoms with Crippen molar-refractivity contribution >= 4 is 15.9 Å². The van der Waals surface area contributed by atoms with Gasteiger partial charge in [0.15, 0.2) is 0 Å². The molecule has 0 fully saturated rings. The lowest BCUT2D eigenvalue weighted by Crippen LogP contribution is -2.42. The Labute approximate surface area is 135 Å². The molecule has 2 aromatic rings. The van der Waals surface area contributed by atoms with Crippen LogP contribution in [0.15, 0.2) is 41.4 Å². The van der Waals surface area contributed by atoms with Crippen LogP contribution in [-0.2, 0) is 29.9 Å². The Morgan fingerprint density at radius 1 is 1.13 bits per heavy atom. The molecule has 1 heterocycles. The lowest BCUT2D eigenvalue weighted by Gasteiger charge is -2.17. The number of fused-ring (bicyclic) bond motifs is 1. The highest BCUT2D eigenvalue weighted by molar-refractivity contribution is 7.89. The van der Waals surface area contributed by atoms with Gasteiger partial charge in [0, 0.05) is 13.2 Å². The van der Waals surface area contributed by atoms with Crippen molar-refractivity contribution in [2.45, 2.75) is 30.6 Å². The van der Waals surface area contributed by atoms with Crippen molar-refractivity contribution in [1.82, 2.24) is 14.8 Å². The number of benzene rings is 1. The Balaban J connectivity index is 1.74. The van der Waals surface area contributed by atoms with Crippen LogP contribution in [0.3, 0.4) is 0 Å². The summed E-state index contributed by atoms with van der Waals surface area (Å²) in [6.45, 7) is 0. The van der Waals surface area contributed by atoms with Gasteiger partial charge in [-0.15, -0.1) is 4.83 Å². The number of sulfonamides is 1. The third-order valence-electron chi connectivity index (χ3n) is 4.11. The van der Waals surface area contributed by atoms with Crippen LogP contribution in [0.4, 0.5) is 0 Å². The first-order valence-electron chi connectivity index (χ1n) is 7.53. The monoisotopic (exact) mass is 333 g/mol. The van der Waals surface area contributed by atoms with Crippen molar-refractivity contribution in [3.8, 4) is 0 Å². The Morgan fingerprint density at radius 2 is 1.87 bits per heavy atom. The smallest absolute Gasteiger partial charge is 0.282 e. The van der Waals surface area contributed by atoms with Crippen molar-refractivity contribution in [3.63, 3.8) is 0 Å². The maximum atomic E-state index is 12.3. The highest BCUT2D eigenvalue weighted by atomic mass is 32.2. The molecular formula is C16H19N3O3S. The van der Waals surface area contributed by atoms with Crippen molar-refractivity contribution < 1.29 is 13.2 Å². The van der Waals surface area contributed by atoms with E-state index in [2.05, 4.69) is 10.3 Å². The summed E-state index contributed by atoms with van der Waals surface area (Å²) in [6.07, 6.45) is 5.83. The van der Waals surface area contributed by atoms with Gasteiger partial charge in [-0.25, -0.2) is 8.42 Å². The van der Waals surface area contributed by atoms with E-state index in [1.165, 1.54) is 5.56 Å². The molecule has 7 heteroatoms. The van der Waals surface area contributed by atoms with Crippen LogP contribution in [0.25, 0.3) is 0 Å². The molecule has 0 saturated carbocycles. The van der Waals surface area contributed by atoms with Gasteiger partial charge in [-0.3, -0.25) is 10.2 Å². The lowest BCUT2D eigenvalue weighted by atomic mass is 9.92. The zero-order chi connectivity index (χ0) is 16.4. The summed E-state index contributed by atoms with van der Waals surface area (Å²) in [5.41, 5.74) is 4.91. The maximum absolute atomic E-state index is 12.3. The van der Waals surface area contributed by atoms with Gasteiger partial charge in [0.25, 0.3) is 15.9 Å². The van der Waals surface area contributed by atoms with Gasteiger partial charge < -0.3 is 4.57 Å². The number of nitrogens with one attached hydrogen (secondary N) is 2. The average Bonchev–Trinajstić information content (AvgIpc) is 2.98. The van der Waals surface area contributed by atoms with Gasteiger partial charge in [0.1, 0.15) is 5.69 Å². The molecule has 122 valence electrons. The van der Waals surface area contributed by atoms with E-state index in [4.69, 9.17) is 0 Å². The molecule has 1 aliphatic carbocycles. The third kappa shape index (κ3) is 3.30. The number of hydrogen-bond donors (Lipinski definition) is 2. The topological polar surface area (TPSA) is 80.2 Å². The molecular weight excluding hydrogens is 314 g/mol. The first-order valence-corrected chi connectivity index (χ1v) is 9.01. The van der Waals surface area contributed by atoms with Gasteiger partial charge in [-0.1, -0.05) is 6.07 Å². The molecule has 0 bridgehead atoms. The summed E-state index contributed by atoms with van der Waals surface area (Å²) in [4.78, 5) is 14.3. The minimum absolute atomic E-state index is 0.172. The predicted octanol–water partition coefficient (Wildman–Crippen LogP) is 1.53. The van der Waals surface area contributed by atoms with E-state index in [1.807, 2.05) is 6.07 Å². The Bertz CT molecular complexity index is 840. The van der Waals surface area contributed by atoms with Crippen molar-refractivity contribution in [1.29, 1.82) is 0 Å². The van der Waals surface area contributed by atoms with Crippen molar-refractivity contribution in [2.75, 3.05) is 0 Å². The molecule has 0 spiro atoms. The summed E-state index contributed by atoms with van der Waals surface area (Å²) in [5.74, 6) is -0.501. The van der Waals surface area contributed by atoms with Crippen LogP contribution in [0.5, 0.6) is 0 Å². The SMILES string of the molecule is Cn1cccc1C(=O)NNS(=O)(=O)c1ccc2c(c1)CCCC2. The second-order valence-electron chi connectivity index (χ2n) is 5.70. The fourth-order valence-electron chi connectivity index (χ4n) is 2.81. The second-order valence-corrected chi connectivity index (χ2v) is 7.38. The van der Waals surface area contributed by atoms with E-state index in [-0.39, 0.29) is 4.90 Å². The molecule has 1 amide bonds. The third-order valence-corrected chi connectivity index (χ3v) is 5.35. The van der Waals surface area contributed by atoms with Gasteiger partial charge in [0.2, 0.25) is 0 Å². The minimum Gasteiger partial charge on any atom is -0.347 e. The van der Waals surface area contributed by atoms with Crippen LogP contribution in [0.2, 0.25) is 0 Å². The number of aryl methyl sites for hydroxylation is 3. The zero-order valence-electron chi connectivity index (χ0n) is 12.9. The number of hydrazine groups is 1. The van der Waals surface area contributed by atoms with Crippen LogP contribution in [-0.4, -0.2) is 18.9 Å². The normalized spacial score (nSPS) is 14.3. The van der Waals surface area contributed by atoms with Crippen LogP contribution in [0, 0.1) is 0 Å².